The number of aryl methyl sites for hydroxylation is 1. The average molecular weight is 495 g/mol. The van der Waals surface area contributed by atoms with Gasteiger partial charge in [-0.25, -0.2) is 0 Å². The van der Waals surface area contributed by atoms with Crippen LogP contribution < -0.4 is 9.47 Å². The molecule has 0 aliphatic heterocycles. The molecule has 2 aromatic carbocycles. The molecule has 6 nitrogen and oxygen atoms in total. The maximum absolute atomic E-state index is 13.5. The van der Waals surface area contributed by atoms with Crippen molar-refractivity contribution in [2.45, 2.75) is 33.2 Å². The maximum atomic E-state index is 13.5. The van der Waals surface area contributed by atoms with Gasteiger partial charge >= 0.3 is 0 Å². The molecule has 1 heterocycles. The zero-order valence-corrected chi connectivity index (χ0v) is 21.8. The van der Waals surface area contributed by atoms with Crippen molar-refractivity contribution in [1.82, 2.24) is 9.80 Å². The van der Waals surface area contributed by atoms with Crippen LogP contribution in [0.2, 0.25) is 0 Å². The smallest absolute Gasteiger partial charge is 0.254 e. The topological polar surface area (TPSA) is 59.1 Å². The zero-order chi connectivity index (χ0) is 25.2. The highest BCUT2D eigenvalue weighted by atomic mass is 32.1. The number of carbonyl (C=O) groups excluding carboxylic acids is 2. The third kappa shape index (κ3) is 7.33. The summed E-state index contributed by atoms with van der Waals surface area (Å²) in [5.74, 6) is 1.16. The quantitative estimate of drug-likeness (QED) is 0.347. The number of rotatable bonds is 12. The Bertz CT molecular complexity index is 1100. The number of hydrogen-bond donors (Lipinski definition) is 0. The first-order valence-electron chi connectivity index (χ1n) is 11.8. The largest absolute Gasteiger partial charge is 0.493 e. The monoisotopic (exact) mass is 494 g/mol. The van der Waals surface area contributed by atoms with Crippen molar-refractivity contribution < 1.29 is 19.1 Å². The highest BCUT2D eigenvalue weighted by molar-refractivity contribution is 7.09. The van der Waals surface area contributed by atoms with Crippen LogP contribution in [0, 0.1) is 6.92 Å². The number of hydrogen-bond acceptors (Lipinski definition) is 5. The number of carbonyl (C=O) groups is 2. The molecule has 0 N–H and O–H groups in total. The Labute approximate surface area is 212 Å². The lowest BCUT2D eigenvalue weighted by Gasteiger charge is -2.27. The summed E-state index contributed by atoms with van der Waals surface area (Å²) in [4.78, 5) is 31.3. The van der Waals surface area contributed by atoms with Gasteiger partial charge in [0.1, 0.15) is 6.54 Å². The molecule has 3 rings (SSSR count). The molecule has 0 fully saturated rings. The Balaban J connectivity index is 1.75. The van der Waals surface area contributed by atoms with Crippen LogP contribution in [-0.4, -0.2) is 55.5 Å². The van der Waals surface area contributed by atoms with Gasteiger partial charge in [0.25, 0.3) is 5.91 Å². The molecular formula is C28H34N2O4S. The van der Waals surface area contributed by atoms with Gasteiger partial charge in [0.05, 0.1) is 20.8 Å². The SMILES string of the molecule is CCCN(CC(=O)N(CCc1ccc(OC)c(OC)c1)Cc1cccs1)C(=O)c1ccc(C)cc1. The first kappa shape index (κ1) is 26.3. The van der Waals surface area contributed by atoms with Crippen molar-refractivity contribution in [1.29, 1.82) is 0 Å². The molecule has 0 aliphatic rings. The number of methoxy groups -OCH3 is 2. The second-order valence-corrected chi connectivity index (χ2v) is 9.46. The Hall–Kier alpha value is -3.32. The number of nitrogens with zero attached hydrogens (tertiary/aromatic N) is 2. The van der Waals surface area contributed by atoms with Crippen LogP contribution in [0.25, 0.3) is 0 Å². The van der Waals surface area contributed by atoms with Crippen LogP contribution in [0.5, 0.6) is 11.5 Å². The van der Waals surface area contributed by atoms with E-state index in [-0.39, 0.29) is 18.4 Å². The van der Waals surface area contributed by atoms with Crippen molar-refractivity contribution >= 4 is 23.2 Å². The summed E-state index contributed by atoms with van der Waals surface area (Å²) in [7, 11) is 3.22. The number of thiophene rings is 1. The summed E-state index contributed by atoms with van der Waals surface area (Å²) in [6.07, 6.45) is 1.44. The van der Waals surface area contributed by atoms with E-state index in [1.165, 1.54) is 0 Å². The fraction of sp³-hybridized carbons (Fsp3) is 0.357. The van der Waals surface area contributed by atoms with Crippen molar-refractivity contribution in [2.75, 3.05) is 33.9 Å². The van der Waals surface area contributed by atoms with E-state index in [4.69, 9.17) is 9.47 Å². The van der Waals surface area contributed by atoms with E-state index in [0.717, 1.165) is 22.4 Å². The molecule has 0 saturated carbocycles. The van der Waals surface area contributed by atoms with E-state index in [2.05, 4.69) is 0 Å². The summed E-state index contributed by atoms with van der Waals surface area (Å²) in [5.41, 5.74) is 2.75. The lowest BCUT2D eigenvalue weighted by molar-refractivity contribution is -0.132. The molecule has 0 aliphatic carbocycles. The molecule has 1 aromatic heterocycles. The van der Waals surface area contributed by atoms with E-state index < -0.39 is 0 Å². The molecule has 7 heteroatoms. The van der Waals surface area contributed by atoms with Crippen LogP contribution in [0.15, 0.2) is 60.0 Å². The number of amides is 2. The summed E-state index contributed by atoms with van der Waals surface area (Å²) in [5, 5.41) is 2.01. The van der Waals surface area contributed by atoms with E-state index in [1.54, 1.807) is 30.5 Å². The molecule has 2 amide bonds. The minimum absolute atomic E-state index is 0.0534. The highest BCUT2D eigenvalue weighted by Crippen LogP contribution is 2.28. The fourth-order valence-electron chi connectivity index (χ4n) is 3.85. The summed E-state index contributed by atoms with van der Waals surface area (Å²) >= 11 is 1.62. The standard InChI is InChI=1S/C28H34N2O4S/c1-5-15-30(28(32)23-11-8-21(2)9-12-23)20-27(31)29(19-24-7-6-17-35-24)16-14-22-10-13-25(33-3)26(18-22)34-4/h6-13,17-18H,5,14-16,19-20H2,1-4H3. The third-order valence-corrected chi connectivity index (χ3v) is 6.66. The summed E-state index contributed by atoms with van der Waals surface area (Å²) < 4.78 is 10.8. The second-order valence-electron chi connectivity index (χ2n) is 8.43. The van der Waals surface area contributed by atoms with Crippen molar-refractivity contribution in [3.63, 3.8) is 0 Å². The molecular weight excluding hydrogens is 460 g/mol. The molecule has 0 radical (unpaired) electrons. The minimum atomic E-state index is -0.115. The molecule has 0 spiro atoms. The predicted molar refractivity (Wildman–Crippen MR) is 140 cm³/mol. The van der Waals surface area contributed by atoms with Crippen LogP contribution in [-0.2, 0) is 17.8 Å². The van der Waals surface area contributed by atoms with Gasteiger partial charge in [-0.1, -0.05) is 36.8 Å². The summed E-state index contributed by atoms with van der Waals surface area (Å²) in [6.45, 7) is 5.63. The molecule has 0 saturated heterocycles. The zero-order valence-electron chi connectivity index (χ0n) is 21.0. The van der Waals surface area contributed by atoms with Crippen molar-refractivity contribution in [2.24, 2.45) is 0 Å². The number of benzene rings is 2. The van der Waals surface area contributed by atoms with Gasteiger partial charge in [0, 0.05) is 23.5 Å². The molecule has 3 aromatic rings. The Morgan fingerprint density at radius 2 is 1.66 bits per heavy atom. The van der Waals surface area contributed by atoms with Gasteiger partial charge < -0.3 is 19.3 Å². The van der Waals surface area contributed by atoms with Gasteiger partial charge in [-0.2, -0.15) is 0 Å². The van der Waals surface area contributed by atoms with Gasteiger partial charge in [0.2, 0.25) is 5.91 Å². The Morgan fingerprint density at radius 3 is 2.29 bits per heavy atom. The third-order valence-electron chi connectivity index (χ3n) is 5.80. The highest BCUT2D eigenvalue weighted by Gasteiger charge is 2.22. The average Bonchev–Trinajstić information content (AvgIpc) is 3.39. The van der Waals surface area contributed by atoms with Gasteiger partial charge in [-0.3, -0.25) is 9.59 Å². The molecule has 0 atom stereocenters. The number of ether oxygens (including phenoxy) is 2. The minimum Gasteiger partial charge on any atom is -0.493 e. The Kier molecular flexibility index (Phi) is 9.73. The first-order chi connectivity index (χ1) is 16.9. The van der Waals surface area contributed by atoms with Crippen LogP contribution in [0.4, 0.5) is 0 Å². The lowest BCUT2D eigenvalue weighted by Crippen LogP contribution is -2.43. The van der Waals surface area contributed by atoms with Crippen molar-refractivity contribution in [3.05, 3.63) is 81.5 Å². The lowest BCUT2D eigenvalue weighted by atomic mass is 10.1. The fourth-order valence-corrected chi connectivity index (χ4v) is 4.57. The molecule has 0 unspecified atom stereocenters. The molecule has 0 bridgehead atoms. The van der Waals surface area contributed by atoms with Gasteiger partial charge in [-0.15, -0.1) is 11.3 Å². The predicted octanol–water partition coefficient (Wildman–Crippen LogP) is 5.20. The molecule has 35 heavy (non-hydrogen) atoms. The molecule has 186 valence electrons. The van der Waals surface area contributed by atoms with Crippen LogP contribution >= 0.6 is 11.3 Å². The van der Waals surface area contributed by atoms with Crippen LogP contribution in [0.1, 0.15) is 39.7 Å². The van der Waals surface area contributed by atoms with E-state index in [9.17, 15) is 9.59 Å². The summed E-state index contributed by atoms with van der Waals surface area (Å²) in [6, 6.07) is 17.3. The van der Waals surface area contributed by atoms with Gasteiger partial charge in [0.15, 0.2) is 11.5 Å². The first-order valence-corrected chi connectivity index (χ1v) is 12.7. The van der Waals surface area contributed by atoms with Crippen molar-refractivity contribution in [3.8, 4) is 11.5 Å². The second kappa shape index (κ2) is 13.0. The van der Waals surface area contributed by atoms with E-state index in [0.29, 0.717) is 43.1 Å². The van der Waals surface area contributed by atoms with Gasteiger partial charge in [-0.05, 0) is 61.0 Å². The van der Waals surface area contributed by atoms with Crippen LogP contribution in [0.3, 0.4) is 0 Å². The normalized spacial score (nSPS) is 10.6. The van der Waals surface area contributed by atoms with E-state index in [1.807, 2.05) is 78.7 Å². The Morgan fingerprint density at radius 1 is 0.914 bits per heavy atom. The van der Waals surface area contributed by atoms with E-state index >= 15 is 0 Å². The maximum Gasteiger partial charge on any atom is 0.254 e.